The number of aromatic nitrogens is 3. The van der Waals surface area contributed by atoms with E-state index in [-0.39, 0.29) is 6.10 Å². The fraction of sp³-hybridized carbons (Fsp3) is 0.333. The maximum atomic E-state index is 6.12. The van der Waals surface area contributed by atoms with E-state index in [0.29, 0.717) is 0 Å². The van der Waals surface area contributed by atoms with E-state index in [0.717, 1.165) is 34.1 Å². The zero-order valence-electron chi connectivity index (χ0n) is 16.1. The van der Waals surface area contributed by atoms with E-state index >= 15 is 0 Å². The van der Waals surface area contributed by atoms with Gasteiger partial charge in [0.2, 0.25) is 0 Å². The summed E-state index contributed by atoms with van der Waals surface area (Å²) in [5.74, 6) is 2.52. The van der Waals surface area contributed by atoms with Crippen LogP contribution in [0.4, 0.5) is 0 Å². The fourth-order valence-electron chi connectivity index (χ4n) is 2.78. The summed E-state index contributed by atoms with van der Waals surface area (Å²) in [7, 11) is 0. The number of hydrogen-bond donors (Lipinski definition) is 0. The van der Waals surface area contributed by atoms with Crippen molar-refractivity contribution in [3.63, 3.8) is 0 Å². The first-order chi connectivity index (χ1) is 13.0. The molecule has 0 saturated carbocycles. The van der Waals surface area contributed by atoms with Gasteiger partial charge in [0.1, 0.15) is 5.75 Å². The first kappa shape index (κ1) is 19.8. The molecule has 0 aliphatic rings. The van der Waals surface area contributed by atoms with Gasteiger partial charge in [-0.3, -0.25) is 0 Å². The smallest absolute Gasteiger partial charge is 0.191 e. The van der Waals surface area contributed by atoms with Gasteiger partial charge >= 0.3 is 0 Å². The Morgan fingerprint density at radius 3 is 2.48 bits per heavy atom. The number of hydrogen-bond acceptors (Lipinski definition) is 4. The van der Waals surface area contributed by atoms with Gasteiger partial charge in [0.05, 0.1) is 0 Å². The third-order valence-electron chi connectivity index (χ3n) is 4.50. The maximum Gasteiger partial charge on any atom is 0.191 e. The van der Waals surface area contributed by atoms with Crippen LogP contribution in [0, 0.1) is 13.8 Å². The molecule has 0 aliphatic carbocycles. The number of thioether (sulfide) groups is 1. The second kappa shape index (κ2) is 8.81. The molecule has 0 aliphatic heterocycles. The average Bonchev–Trinajstić information content (AvgIpc) is 3.07. The molecule has 6 heteroatoms. The summed E-state index contributed by atoms with van der Waals surface area (Å²) >= 11 is 7.62. The Hall–Kier alpha value is -1.98. The minimum absolute atomic E-state index is 0.176. The Balaban J connectivity index is 1.72. The molecule has 1 atom stereocenters. The SMILES string of the molecule is CCn1c(SCc2ccc(Cl)cc2)nnc1C(C)Oc1ccc(C)c(C)c1. The molecule has 0 N–H and O–H groups in total. The fourth-order valence-corrected chi connectivity index (χ4v) is 3.87. The molecule has 0 bridgehead atoms. The molecule has 3 aromatic rings. The largest absolute Gasteiger partial charge is 0.483 e. The summed E-state index contributed by atoms with van der Waals surface area (Å²) in [4.78, 5) is 0. The second-order valence-electron chi connectivity index (χ2n) is 6.51. The molecule has 27 heavy (non-hydrogen) atoms. The molecule has 3 rings (SSSR count). The van der Waals surface area contributed by atoms with E-state index in [1.807, 2.05) is 37.3 Å². The van der Waals surface area contributed by atoms with Crippen molar-refractivity contribution in [2.24, 2.45) is 0 Å². The Kier molecular flexibility index (Phi) is 6.45. The van der Waals surface area contributed by atoms with Crippen molar-refractivity contribution in [1.29, 1.82) is 0 Å². The standard InChI is InChI=1S/C21H24ClN3OS/c1-5-25-20(16(4)26-19-11-6-14(2)15(3)12-19)23-24-21(25)27-13-17-7-9-18(22)10-8-17/h6-12,16H,5,13H2,1-4H3. The predicted octanol–water partition coefficient (Wildman–Crippen LogP) is 6.00. The topological polar surface area (TPSA) is 39.9 Å². The van der Waals surface area contributed by atoms with Crippen molar-refractivity contribution >= 4 is 23.4 Å². The highest BCUT2D eigenvalue weighted by atomic mass is 35.5. The Labute approximate surface area is 169 Å². The zero-order valence-corrected chi connectivity index (χ0v) is 17.6. The van der Waals surface area contributed by atoms with E-state index in [2.05, 4.69) is 47.7 Å². The number of ether oxygens (including phenoxy) is 1. The Bertz CT molecular complexity index is 908. The average molecular weight is 402 g/mol. The van der Waals surface area contributed by atoms with Crippen molar-refractivity contribution in [3.8, 4) is 5.75 Å². The van der Waals surface area contributed by atoms with Gasteiger partial charge < -0.3 is 9.30 Å². The van der Waals surface area contributed by atoms with Crippen LogP contribution in [0.25, 0.3) is 0 Å². The van der Waals surface area contributed by atoms with Crippen molar-refractivity contribution < 1.29 is 4.74 Å². The van der Waals surface area contributed by atoms with Gasteiger partial charge in [-0.05, 0) is 68.7 Å². The van der Waals surface area contributed by atoms with Crippen LogP contribution in [0.3, 0.4) is 0 Å². The number of benzene rings is 2. The zero-order chi connectivity index (χ0) is 19.4. The van der Waals surface area contributed by atoms with Crippen LogP contribution < -0.4 is 4.74 Å². The van der Waals surface area contributed by atoms with Gasteiger partial charge in [0.15, 0.2) is 17.1 Å². The Morgan fingerprint density at radius 1 is 1.07 bits per heavy atom. The van der Waals surface area contributed by atoms with Crippen LogP contribution in [0.2, 0.25) is 5.02 Å². The van der Waals surface area contributed by atoms with Crippen molar-refractivity contribution in [2.75, 3.05) is 0 Å². The number of aryl methyl sites for hydroxylation is 2. The summed E-state index contributed by atoms with van der Waals surface area (Å²) in [6, 6.07) is 14.0. The lowest BCUT2D eigenvalue weighted by Gasteiger charge is -2.16. The lowest BCUT2D eigenvalue weighted by atomic mass is 10.1. The van der Waals surface area contributed by atoms with Crippen molar-refractivity contribution in [3.05, 3.63) is 70.0 Å². The molecule has 2 aromatic carbocycles. The van der Waals surface area contributed by atoms with Gasteiger partial charge in [-0.15, -0.1) is 10.2 Å². The predicted molar refractivity (Wildman–Crippen MR) is 112 cm³/mol. The number of rotatable bonds is 7. The van der Waals surface area contributed by atoms with Crippen LogP contribution in [0.5, 0.6) is 5.75 Å². The minimum Gasteiger partial charge on any atom is -0.483 e. The molecular weight excluding hydrogens is 378 g/mol. The van der Waals surface area contributed by atoms with E-state index in [4.69, 9.17) is 16.3 Å². The lowest BCUT2D eigenvalue weighted by Crippen LogP contribution is -2.12. The van der Waals surface area contributed by atoms with E-state index in [1.54, 1.807) is 11.8 Å². The van der Waals surface area contributed by atoms with Crippen LogP contribution in [-0.2, 0) is 12.3 Å². The highest BCUT2D eigenvalue weighted by molar-refractivity contribution is 7.98. The summed E-state index contributed by atoms with van der Waals surface area (Å²) in [5.41, 5.74) is 3.68. The molecule has 142 valence electrons. The lowest BCUT2D eigenvalue weighted by molar-refractivity contribution is 0.209. The second-order valence-corrected chi connectivity index (χ2v) is 7.89. The normalized spacial score (nSPS) is 12.2. The molecule has 1 aromatic heterocycles. The number of nitrogens with zero attached hydrogens (tertiary/aromatic N) is 3. The maximum absolute atomic E-state index is 6.12. The van der Waals surface area contributed by atoms with Crippen LogP contribution in [-0.4, -0.2) is 14.8 Å². The van der Waals surface area contributed by atoms with E-state index < -0.39 is 0 Å². The molecule has 0 saturated heterocycles. The van der Waals surface area contributed by atoms with Crippen molar-refractivity contribution in [1.82, 2.24) is 14.8 Å². The highest BCUT2D eigenvalue weighted by Crippen LogP contribution is 2.27. The minimum atomic E-state index is -0.176. The number of halogens is 1. The Morgan fingerprint density at radius 2 is 1.81 bits per heavy atom. The van der Waals surface area contributed by atoms with Crippen LogP contribution >= 0.6 is 23.4 Å². The molecule has 4 nitrogen and oxygen atoms in total. The highest BCUT2D eigenvalue weighted by Gasteiger charge is 2.19. The first-order valence-corrected chi connectivity index (χ1v) is 10.4. The van der Waals surface area contributed by atoms with Gasteiger partial charge in [-0.25, -0.2) is 0 Å². The van der Waals surface area contributed by atoms with Gasteiger partial charge in [0.25, 0.3) is 0 Å². The quantitative estimate of drug-likeness (QED) is 0.455. The molecule has 0 radical (unpaired) electrons. The van der Waals surface area contributed by atoms with Gasteiger partial charge in [0, 0.05) is 17.3 Å². The third-order valence-corrected chi connectivity index (χ3v) is 5.79. The van der Waals surface area contributed by atoms with Crippen LogP contribution in [0.15, 0.2) is 47.6 Å². The molecular formula is C21H24ClN3OS. The molecule has 0 amide bonds. The van der Waals surface area contributed by atoms with E-state index in [9.17, 15) is 0 Å². The van der Waals surface area contributed by atoms with Gasteiger partial charge in [-0.1, -0.05) is 41.6 Å². The summed E-state index contributed by atoms with van der Waals surface area (Å²) < 4.78 is 8.24. The molecule has 1 heterocycles. The monoisotopic (exact) mass is 401 g/mol. The molecule has 1 unspecified atom stereocenters. The molecule has 0 spiro atoms. The first-order valence-electron chi connectivity index (χ1n) is 9.02. The third kappa shape index (κ3) is 4.85. The summed E-state index contributed by atoms with van der Waals surface area (Å²) in [5, 5.41) is 10.4. The summed E-state index contributed by atoms with van der Waals surface area (Å²) in [6.45, 7) is 9.10. The van der Waals surface area contributed by atoms with E-state index in [1.165, 1.54) is 16.7 Å². The van der Waals surface area contributed by atoms with Gasteiger partial charge in [-0.2, -0.15) is 0 Å². The van der Waals surface area contributed by atoms with Crippen molar-refractivity contribution in [2.45, 2.75) is 51.3 Å². The molecule has 0 fully saturated rings. The summed E-state index contributed by atoms with van der Waals surface area (Å²) in [6.07, 6.45) is -0.176. The van der Waals surface area contributed by atoms with Crippen LogP contribution in [0.1, 0.15) is 42.5 Å².